The van der Waals surface area contributed by atoms with Gasteiger partial charge in [-0.2, -0.15) is 0 Å². The molecule has 0 aromatic heterocycles. The van der Waals surface area contributed by atoms with Crippen molar-refractivity contribution in [2.45, 2.75) is 52.2 Å². The number of benzene rings is 2. The van der Waals surface area contributed by atoms with Crippen molar-refractivity contribution in [3.05, 3.63) is 64.7 Å². The molecule has 3 N–H and O–H groups in total. The Morgan fingerprint density at radius 3 is 2.48 bits per heavy atom. The Hall–Kier alpha value is -2.51. The van der Waals surface area contributed by atoms with E-state index in [1.54, 1.807) is 0 Å². The van der Waals surface area contributed by atoms with Crippen molar-refractivity contribution in [3.8, 4) is 5.75 Å². The zero-order valence-corrected chi connectivity index (χ0v) is 19.8. The van der Waals surface area contributed by atoms with Crippen LogP contribution >= 0.6 is 0 Å². The number of rotatable bonds is 8. The minimum Gasteiger partial charge on any atom is -0.493 e. The highest BCUT2D eigenvalue weighted by molar-refractivity contribution is 5.79. The van der Waals surface area contributed by atoms with Crippen LogP contribution in [0.1, 0.15) is 49.9 Å². The van der Waals surface area contributed by atoms with Gasteiger partial charge in [0.15, 0.2) is 0 Å². The van der Waals surface area contributed by atoms with Gasteiger partial charge in [0.2, 0.25) is 5.91 Å². The predicted octanol–water partition coefficient (Wildman–Crippen LogP) is 3.93. The van der Waals surface area contributed by atoms with E-state index in [0.717, 1.165) is 30.2 Å². The molecule has 0 saturated heterocycles. The summed E-state index contributed by atoms with van der Waals surface area (Å²) in [5, 5.41) is 16.8. The molecule has 1 aliphatic rings. The van der Waals surface area contributed by atoms with Gasteiger partial charge in [-0.05, 0) is 47.6 Å². The first-order valence-corrected chi connectivity index (χ1v) is 11.4. The Kier molecular flexibility index (Phi) is 8.08. The summed E-state index contributed by atoms with van der Waals surface area (Å²) < 4.78 is 33.0. The molecule has 0 radical (unpaired) electrons. The monoisotopic (exact) mass is 460 g/mol. The summed E-state index contributed by atoms with van der Waals surface area (Å²) in [6, 6.07) is 9.35. The molecule has 0 spiro atoms. The molecule has 0 fully saturated rings. The number of ether oxygens (including phenoxy) is 1. The van der Waals surface area contributed by atoms with Crippen molar-refractivity contribution >= 4 is 5.91 Å². The van der Waals surface area contributed by atoms with Crippen LogP contribution in [0.5, 0.6) is 5.75 Å². The molecule has 3 rings (SSSR count). The average molecular weight is 461 g/mol. The molecule has 1 aliphatic heterocycles. The van der Waals surface area contributed by atoms with Crippen LogP contribution < -0.4 is 15.4 Å². The number of aliphatic hydroxyl groups excluding tert-OH is 1. The largest absolute Gasteiger partial charge is 0.493 e. The molecule has 3 atom stereocenters. The Morgan fingerprint density at radius 2 is 1.85 bits per heavy atom. The number of hydrogen-bond donors (Lipinski definition) is 3. The van der Waals surface area contributed by atoms with Gasteiger partial charge in [-0.25, -0.2) is 8.78 Å². The lowest BCUT2D eigenvalue weighted by molar-refractivity contribution is -0.128. The molecule has 0 bridgehead atoms. The standard InChI is InChI=1S/C26H34F2N2O3/c1-26(2,3)14-16-5-6-24-20(11-16)22(7-8-33-24)30-15-23(31)21(25(32)29-4)12-17-9-18(27)13-19(28)10-17/h5-6,9-11,13,21-23,30-31H,7-8,12,14-15H2,1-4H3,(H,29,32). The third kappa shape index (κ3) is 6.98. The second-order valence-electron chi connectivity index (χ2n) is 9.98. The van der Waals surface area contributed by atoms with E-state index in [0.29, 0.717) is 12.2 Å². The van der Waals surface area contributed by atoms with Gasteiger partial charge in [-0.3, -0.25) is 4.79 Å². The summed E-state index contributed by atoms with van der Waals surface area (Å²) >= 11 is 0. The Labute approximate surface area is 194 Å². The summed E-state index contributed by atoms with van der Waals surface area (Å²) in [6.07, 6.45) is 0.647. The van der Waals surface area contributed by atoms with Gasteiger partial charge in [-0.15, -0.1) is 0 Å². The molecular formula is C26H34F2N2O3. The summed E-state index contributed by atoms with van der Waals surface area (Å²) in [5.41, 5.74) is 2.73. The fraction of sp³-hybridized carbons (Fsp3) is 0.500. The molecule has 0 aliphatic carbocycles. The Balaban J connectivity index is 1.72. The highest BCUT2D eigenvalue weighted by Crippen LogP contribution is 2.34. The van der Waals surface area contributed by atoms with Crippen LogP contribution in [0.25, 0.3) is 0 Å². The lowest BCUT2D eigenvalue weighted by atomic mass is 9.86. The fourth-order valence-electron chi connectivity index (χ4n) is 4.36. The third-order valence-corrected chi connectivity index (χ3v) is 5.85. The number of halogens is 2. The van der Waals surface area contributed by atoms with Crippen LogP contribution in [0.15, 0.2) is 36.4 Å². The molecule has 1 amide bonds. The number of amides is 1. The van der Waals surface area contributed by atoms with Crippen molar-refractivity contribution in [1.82, 2.24) is 10.6 Å². The van der Waals surface area contributed by atoms with Crippen molar-refractivity contribution in [1.29, 1.82) is 0 Å². The lowest BCUT2D eigenvalue weighted by Crippen LogP contribution is -2.43. The van der Waals surface area contributed by atoms with E-state index in [1.807, 2.05) is 6.07 Å². The first-order chi connectivity index (χ1) is 15.6. The number of aliphatic hydroxyl groups is 1. The fourth-order valence-corrected chi connectivity index (χ4v) is 4.36. The molecule has 2 aromatic rings. The van der Waals surface area contributed by atoms with E-state index in [1.165, 1.54) is 24.7 Å². The molecule has 33 heavy (non-hydrogen) atoms. The topological polar surface area (TPSA) is 70.6 Å². The normalized spacial score (nSPS) is 17.6. The smallest absolute Gasteiger partial charge is 0.225 e. The minimum atomic E-state index is -1.04. The van der Waals surface area contributed by atoms with Crippen LogP contribution in [0.3, 0.4) is 0 Å². The van der Waals surface area contributed by atoms with Gasteiger partial charge in [0.05, 0.1) is 18.6 Å². The van der Waals surface area contributed by atoms with Gasteiger partial charge < -0.3 is 20.5 Å². The van der Waals surface area contributed by atoms with Crippen LogP contribution in [0.2, 0.25) is 0 Å². The van der Waals surface area contributed by atoms with Crippen LogP contribution in [-0.4, -0.2) is 37.3 Å². The number of carbonyl (C=O) groups is 1. The highest BCUT2D eigenvalue weighted by atomic mass is 19.1. The van der Waals surface area contributed by atoms with Crippen LogP contribution in [-0.2, 0) is 17.6 Å². The molecule has 5 nitrogen and oxygen atoms in total. The zero-order chi connectivity index (χ0) is 24.2. The van der Waals surface area contributed by atoms with Gasteiger partial charge in [0.1, 0.15) is 17.4 Å². The van der Waals surface area contributed by atoms with Crippen LogP contribution in [0, 0.1) is 23.0 Å². The van der Waals surface area contributed by atoms with Crippen molar-refractivity contribution in [2.75, 3.05) is 20.2 Å². The van der Waals surface area contributed by atoms with E-state index in [-0.39, 0.29) is 30.3 Å². The van der Waals surface area contributed by atoms with Gasteiger partial charge in [-0.1, -0.05) is 32.9 Å². The van der Waals surface area contributed by atoms with Gasteiger partial charge in [0, 0.05) is 37.7 Å². The van der Waals surface area contributed by atoms with Crippen molar-refractivity contribution < 1.29 is 23.4 Å². The summed E-state index contributed by atoms with van der Waals surface area (Å²) in [4.78, 5) is 12.4. The summed E-state index contributed by atoms with van der Waals surface area (Å²) in [5.74, 6) is -1.83. The maximum atomic E-state index is 13.6. The zero-order valence-electron chi connectivity index (χ0n) is 19.8. The van der Waals surface area contributed by atoms with E-state index < -0.39 is 23.7 Å². The molecule has 1 heterocycles. The summed E-state index contributed by atoms with van der Waals surface area (Å²) in [6.45, 7) is 7.29. The third-order valence-electron chi connectivity index (χ3n) is 5.85. The molecule has 0 saturated carbocycles. The number of fused-ring (bicyclic) bond motifs is 1. The number of carbonyl (C=O) groups excluding carboxylic acids is 1. The second-order valence-corrected chi connectivity index (χ2v) is 9.98. The summed E-state index contributed by atoms with van der Waals surface area (Å²) in [7, 11) is 1.48. The lowest BCUT2D eigenvalue weighted by Gasteiger charge is -2.30. The maximum Gasteiger partial charge on any atom is 0.225 e. The van der Waals surface area contributed by atoms with E-state index >= 15 is 0 Å². The second kappa shape index (κ2) is 10.6. The maximum absolute atomic E-state index is 13.6. The first kappa shape index (κ1) is 25.1. The first-order valence-electron chi connectivity index (χ1n) is 11.4. The van der Waals surface area contributed by atoms with Crippen molar-refractivity contribution in [2.24, 2.45) is 11.3 Å². The molecule has 180 valence electrons. The quantitative estimate of drug-likeness (QED) is 0.558. The highest BCUT2D eigenvalue weighted by Gasteiger charge is 2.29. The SMILES string of the molecule is CNC(=O)C(Cc1cc(F)cc(F)c1)C(O)CNC1CCOc2ccc(CC(C)(C)C)cc21. The number of nitrogens with one attached hydrogen (secondary N) is 2. The average Bonchev–Trinajstić information content (AvgIpc) is 2.73. The molecule has 7 heteroatoms. The molecular weight excluding hydrogens is 426 g/mol. The van der Waals surface area contributed by atoms with Crippen molar-refractivity contribution in [3.63, 3.8) is 0 Å². The Morgan fingerprint density at radius 1 is 1.15 bits per heavy atom. The predicted molar refractivity (Wildman–Crippen MR) is 124 cm³/mol. The van der Waals surface area contributed by atoms with E-state index in [9.17, 15) is 18.7 Å². The van der Waals surface area contributed by atoms with Gasteiger partial charge >= 0.3 is 0 Å². The molecule has 2 aromatic carbocycles. The van der Waals surface area contributed by atoms with E-state index in [2.05, 4.69) is 43.5 Å². The Bertz CT molecular complexity index is 954. The molecule has 3 unspecified atom stereocenters. The van der Waals surface area contributed by atoms with Crippen LogP contribution in [0.4, 0.5) is 8.78 Å². The van der Waals surface area contributed by atoms with Gasteiger partial charge in [0.25, 0.3) is 0 Å². The number of hydrogen-bond acceptors (Lipinski definition) is 4. The minimum absolute atomic E-state index is 0.0251. The van der Waals surface area contributed by atoms with E-state index in [4.69, 9.17) is 4.74 Å².